The van der Waals surface area contributed by atoms with Crippen LogP contribution in [0.2, 0.25) is 0 Å². The lowest BCUT2D eigenvalue weighted by Gasteiger charge is -2.44. The van der Waals surface area contributed by atoms with Gasteiger partial charge in [0.15, 0.2) is 6.04 Å². The van der Waals surface area contributed by atoms with E-state index < -0.39 is 24.0 Å². The zero-order valence-electron chi connectivity index (χ0n) is 11.7. The summed E-state index contributed by atoms with van der Waals surface area (Å²) in [6.07, 6.45) is 1.63. The molecule has 0 spiro atoms. The SMILES string of the molecule is CC(O)[C@@H]1C(=O)N2[C@@H]1S[C@@H](SCCc1c[nH]nn1)[C@H]2C(=O)O. The topological polar surface area (TPSA) is 119 Å². The molecule has 22 heavy (non-hydrogen) atoms. The van der Waals surface area contributed by atoms with Gasteiger partial charge >= 0.3 is 5.97 Å². The second-order valence-corrected chi connectivity index (χ2v) is 8.09. The van der Waals surface area contributed by atoms with Crippen molar-refractivity contribution in [3.8, 4) is 0 Å². The van der Waals surface area contributed by atoms with Crippen LogP contribution in [0.3, 0.4) is 0 Å². The maximum atomic E-state index is 12.1. The Morgan fingerprint density at radius 2 is 2.41 bits per heavy atom. The third-order valence-corrected chi connectivity index (χ3v) is 6.93. The Morgan fingerprint density at radius 3 is 3.00 bits per heavy atom. The Morgan fingerprint density at radius 1 is 1.64 bits per heavy atom. The quantitative estimate of drug-likeness (QED) is 0.606. The molecule has 3 rings (SSSR count). The summed E-state index contributed by atoms with van der Waals surface area (Å²) in [5.74, 6) is -1.05. The van der Waals surface area contributed by atoms with Crippen LogP contribution in [-0.4, -0.2) is 70.3 Å². The molecule has 3 N–H and O–H groups in total. The molecule has 0 aromatic carbocycles. The molecule has 2 saturated heterocycles. The molecule has 2 aliphatic rings. The molecule has 1 unspecified atom stereocenters. The molecule has 0 saturated carbocycles. The van der Waals surface area contributed by atoms with Gasteiger partial charge in [-0.3, -0.25) is 9.89 Å². The van der Waals surface area contributed by atoms with Crippen LogP contribution in [0, 0.1) is 5.92 Å². The number of aliphatic hydroxyl groups excluding tert-OH is 1. The number of amides is 1. The van der Waals surface area contributed by atoms with E-state index in [4.69, 9.17) is 0 Å². The Labute approximate surface area is 135 Å². The summed E-state index contributed by atoms with van der Waals surface area (Å²) >= 11 is 2.96. The van der Waals surface area contributed by atoms with Crippen molar-refractivity contribution in [2.75, 3.05) is 5.75 Å². The number of hydrogen-bond donors (Lipinski definition) is 3. The van der Waals surface area contributed by atoms with Crippen LogP contribution in [0.1, 0.15) is 12.6 Å². The van der Waals surface area contributed by atoms with E-state index in [1.165, 1.54) is 28.4 Å². The van der Waals surface area contributed by atoms with Crippen molar-refractivity contribution in [3.05, 3.63) is 11.9 Å². The number of β-lactam (4-membered cyclic amide) rings is 1. The highest BCUT2D eigenvalue weighted by Crippen LogP contribution is 2.52. The van der Waals surface area contributed by atoms with Crippen LogP contribution in [0.5, 0.6) is 0 Å². The number of fused-ring (bicyclic) bond motifs is 1. The second kappa shape index (κ2) is 6.09. The number of hydrogen-bond acceptors (Lipinski definition) is 7. The third kappa shape index (κ3) is 2.59. The first kappa shape index (κ1) is 15.6. The number of aliphatic hydroxyl groups is 1. The molecule has 10 heteroatoms. The van der Waals surface area contributed by atoms with Gasteiger partial charge in [-0.25, -0.2) is 4.79 Å². The predicted molar refractivity (Wildman–Crippen MR) is 81.2 cm³/mol. The van der Waals surface area contributed by atoms with Crippen molar-refractivity contribution in [1.82, 2.24) is 20.3 Å². The van der Waals surface area contributed by atoms with Crippen LogP contribution < -0.4 is 0 Å². The normalized spacial score (nSPS) is 31.7. The Kier molecular flexibility index (Phi) is 4.33. The number of thioether (sulfide) groups is 2. The molecule has 3 heterocycles. The summed E-state index contributed by atoms with van der Waals surface area (Å²) < 4.78 is -0.234. The van der Waals surface area contributed by atoms with Crippen LogP contribution in [0.4, 0.5) is 0 Å². The number of carboxylic acid groups (broad SMARTS) is 1. The minimum absolute atomic E-state index is 0.234. The first-order valence-electron chi connectivity index (χ1n) is 6.86. The van der Waals surface area contributed by atoms with Gasteiger partial charge in [0, 0.05) is 18.4 Å². The molecule has 0 bridgehead atoms. The summed E-state index contributed by atoms with van der Waals surface area (Å²) in [4.78, 5) is 25.0. The molecule has 1 amide bonds. The molecule has 0 radical (unpaired) electrons. The average Bonchev–Trinajstić information content (AvgIpc) is 3.04. The fraction of sp³-hybridized carbons (Fsp3) is 0.667. The molecule has 2 fully saturated rings. The lowest BCUT2D eigenvalue weighted by Crippen LogP contribution is -2.64. The highest BCUT2D eigenvalue weighted by atomic mass is 32.2. The second-order valence-electron chi connectivity index (χ2n) is 5.28. The molecule has 1 aromatic heterocycles. The van der Waals surface area contributed by atoms with Crippen LogP contribution in [0.25, 0.3) is 0 Å². The van der Waals surface area contributed by atoms with Gasteiger partial charge in [-0.15, -0.1) is 28.6 Å². The first-order valence-corrected chi connectivity index (χ1v) is 8.85. The molecular weight excluding hydrogens is 328 g/mol. The smallest absolute Gasteiger partial charge is 0.328 e. The number of H-pyrrole nitrogens is 1. The van der Waals surface area contributed by atoms with Gasteiger partial charge in [-0.1, -0.05) is 5.21 Å². The molecule has 120 valence electrons. The van der Waals surface area contributed by atoms with Gasteiger partial charge in [-0.2, -0.15) is 0 Å². The fourth-order valence-corrected chi connectivity index (χ4v) is 6.22. The van der Waals surface area contributed by atoms with Crippen molar-refractivity contribution in [2.45, 2.75) is 35.4 Å². The van der Waals surface area contributed by atoms with E-state index in [2.05, 4.69) is 15.4 Å². The van der Waals surface area contributed by atoms with Gasteiger partial charge in [0.1, 0.15) is 0 Å². The number of nitrogens with zero attached hydrogens (tertiary/aromatic N) is 3. The van der Waals surface area contributed by atoms with E-state index in [9.17, 15) is 19.8 Å². The molecule has 8 nitrogen and oxygen atoms in total. The van der Waals surface area contributed by atoms with Crippen molar-refractivity contribution < 1.29 is 19.8 Å². The summed E-state index contributed by atoms with van der Waals surface area (Å²) in [7, 11) is 0. The van der Waals surface area contributed by atoms with E-state index in [-0.39, 0.29) is 15.9 Å². The van der Waals surface area contributed by atoms with Crippen molar-refractivity contribution >= 4 is 35.4 Å². The lowest BCUT2D eigenvalue weighted by atomic mass is 9.91. The highest BCUT2D eigenvalue weighted by Gasteiger charge is 2.61. The number of carboxylic acids is 1. The lowest BCUT2D eigenvalue weighted by molar-refractivity contribution is -0.166. The number of aromatic nitrogens is 3. The third-order valence-electron chi connectivity index (χ3n) is 3.83. The zero-order valence-corrected chi connectivity index (χ0v) is 13.4. The standard InChI is InChI=1S/C12H16N4O4S2/c1-5(17)7-9(18)16-8(11(19)20)12(22-10(7)16)21-3-2-6-4-13-15-14-6/h4-5,7-8,10,12,17H,2-3H2,1H3,(H,19,20)(H,13,14,15)/t5?,7-,8-,10-,12-/m1/s1. The fourth-order valence-electron chi connectivity index (χ4n) is 2.74. The van der Waals surface area contributed by atoms with E-state index in [0.717, 1.165) is 5.69 Å². The molecule has 5 atom stereocenters. The van der Waals surface area contributed by atoms with Crippen LogP contribution in [0.15, 0.2) is 6.20 Å². The van der Waals surface area contributed by atoms with Gasteiger partial charge < -0.3 is 15.1 Å². The number of aryl methyl sites for hydroxylation is 1. The van der Waals surface area contributed by atoms with Crippen LogP contribution >= 0.6 is 23.5 Å². The number of carbonyl (C=O) groups excluding carboxylic acids is 1. The Balaban J connectivity index is 1.63. The maximum Gasteiger partial charge on any atom is 0.328 e. The average molecular weight is 344 g/mol. The molecular formula is C12H16N4O4S2. The number of rotatable bonds is 6. The summed E-state index contributed by atoms with van der Waals surface area (Å²) in [5, 5.41) is 29.0. The monoisotopic (exact) mass is 344 g/mol. The Bertz CT molecular complexity index is 567. The van der Waals surface area contributed by atoms with Gasteiger partial charge in [0.2, 0.25) is 5.91 Å². The Hall–Kier alpha value is -1.26. The van der Waals surface area contributed by atoms with E-state index in [1.54, 1.807) is 13.1 Å². The molecule has 1 aromatic rings. The highest BCUT2D eigenvalue weighted by molar-refractivity contribution is 8.17. The van der Waals surface area contributed by atoms with Gasteiger partial charge in [0.05, 0.1) is 27.7 Å². The van der Waals surface area contributed by atoms with Crippen LogP contribution in [-0.2, 0) is 16.0 Å². The summed E-state index contributed by atoms with van der Waals surface area (Å²) in [6, 6.07) is -0.834. The first-order chi connectivity index (χ1) is 10.5. The van der Waals surface area contributed by atoms with Gasteiger partial charge in [0.25, 0.3) is 0 Å². The van der Waals surface area contributed by atoms with E-state index in [1.807, 2.05) is 0 Å². The minimum Gasteiger partial charge on any atom is -0.480 e. The maximum absolute atomic E-state index is 12.1. The van der Waals surface area contributed by atoms with Crippen molar-refractivity contribution in [2.24, 2.45) is 5.92 Å². The largest absolute Gasteiger partial charge is 0.480 e. The van der Waals surface area contributed by atoms with Gasteiger partial charge in [-0.05, 0) is 6.92 Å². The number of nitrogens with one attached hydrogen (secondary N) is 1. The van der Waals surface area contributed by atoms with E-state index >= 15 is 0 Å². The minimum atomic E-state index is -0.994. The summed E-state index contributed by atoms with van der Waals surface area (Å²) in [5.41, 5.74) is 0.823. The predicted octanol–water partition coefficient (Wildman–Crippen LogP) is -0.228. The zero-order chi connectivity index (χ0) is 15.9. The van der Waals surface area contributed by atoms with Crippen molar-refractivity contribution in [1.29, 1.82) is 0 Å². The number of aliphatic carboxylic acids is 1. The number of aromatic amines is 1. The summed E-state index contributed by atoms with van der Waals surface area (Å²) in [6.45, 7) is 1.57. The molecule has 2 aliphatic heterocycles. The van der Waals surface area contributed by atoms with E-state index in [0.29, 0.717) is 12.2 Å². The molecule has 0 aliphatic carbocycles. The number of carbonyl (C=O) groups is 2. The van der Waals surface area contributed by atoms with Crippen molar-refractivity contribution in [3.63, 3.8) is 0 Å².